The number of ether oxygens (including phenoxy) is 1. The van der Waals surface area contributed by atoms with E-state index in [0.29, 0.717) is 24.3 Å². The molecule has 0 bridgehead atoms. The Morgan fingerprint density at radius 2 is 1.96 bits per heavy atom. The number of nitrogens with zero attached hydrogens (tertiary/aromatic N) is 5. The molecule has 0 radical (unpaired) electrons. The second-order valence-corrected chi connectivity index (χ2v) is 8.17. The van der Waals surface area contributed by atoms with Crippen LogP contribution < -0.4 is 4.90 Å². The first-order valence-corrected chi connectivity index (χ1v) is 10.3. The second-order valence-electron chi connectivity index (χ2n) is 6.19. The van der Waals surface area contributed by atoms with Gasteiger partial charge in [-0.2, -0.15) is 5.21 Å². The molecule has 1 aliphatic rings. The summed E-state index contributed by atoms with van der Waals surface area (Å²) in [5.41, 5.74) is 1.87. The van der Waals surface area contributed by atoms with E-state index in [0.717, 1.165) is 30.7 Å². The number of tetrazole rings is 1. The van der Waals surface area contributed by atoms with E-state index in [9.17, 15) is 8.42 Å². The van der Waals surface area contributed by atoms with E-state index >= 15 is 0 Å². The van der Waals surface area contributed by atoms with E-state index in [-0.39, 0.29) is 10.7 Å². The molecule has 0 atom stereocenters. The van der Waals surface area contributed by atoms with Crippen molar-refractivity contribution in [1.82, 2.24) is 25.6 Å². The van der Waals surface area contributed by atoms with E-state index in [2.05, 4.69) is 30.5 Å². The lowest BCUT2D eigenvalue weighted by atomic mass is 10.0. The number of sulfone groups is 1. The zero-order valence-electron chi connectivity index (χ0n) is 14.7. The second kappa shape index (κ2) is 7.05. The Labute approximate surface area is 156 Å². The normalized spacial score (nSPS) is 15.1. The van der Waals surface area contributed by atoms with Crippen molar-refractivity contribution in [2.24, 2.45) is 0 Å². The first-order chi connectivity index (χ1) is 13.0. The summed E-state index contributed by atoms with van der Waals surface area (Å²) in [5.74, 6) is 1.09. The Balaban J connectivity index is 1.80. The molecule has 140 valence electrons. The molecule has 27 heavy (non-hydrogen) atoms. The maximum atomic E-state index is 12.3. The van der Waals surface area contributed by atoms with E-state index < -0.39 is 9.84 Å². The monoisotopic (exact) mass is 386 g/mol. The average Bonchev–Trinajstić information content (AvgIpc) is 3.22. The number of H-pyrrole nitrogens is 1. The first kappa shape index (κ1) is 17.6. The van der Waals surface area contributed by atoms with E-state index in [1.807, 2.05) is 18.2 Å². The van der Waals surface area contributed by atoms with Crippen molar-refractivity contribution in [1.29, 1.82) is 0 Å². The highest BCUT2D eigenvalue weighted by atomic mass is 32.2. The van der Waals surface area contributed by atoms with Crippen LogP contribution >= 0.6 is 0 Å². The third-order valence-electron chi connectivity index (χ3n) is 4.39. The minimum Gasteiger partial charge on any atom is -0.378 e. The summed E-state index contributed by atoms with van der Waals surface area (Å²) >= 11 is 0. The van der Waals surface area contributed by atoms with Gasteiger partial charge in [0.15, 0.2) is 9.84 Å². The Morgan fingerprint density at radius 3 is 2.59 bits per heavy atom. The summed E-state index contributed by atoms with van der Waals surface area (Å²) in [6.07, 6.45) is 2.89. The highest BCUT2D eigenvalue weighted by molar-refractivity contribution is 7.90. The topological polar surface area (TPSA) is 114 Å². The van der Waals surface area contributed by atoms with Crippen molar-refractivity contribution in [3.8, 4) is 22.5 Å². The van der Waals surface area contributed by atoms with Gasteiger partial charge in [0.2, 0.25) is 5.82 Å². The van der Waals surface area contributed by atoms with Crippen molar-refractivity contribution in [2.75, 3.05) is 37.5 Å². The van der Waals surface area contributed by atoms with Gasteiger partial charge >= 0.3 is 0 Å². The molecule has 0 saturated carbocycles. The van der Waals surface area contributed by atoms with Crippen molar-refractivity contribution in [3.63, 3.8) is 0 Å². The molecule has 9 nitrogen and oxygen atoms in total. The van der Waals surface area contributed by atoms with E-state index in [1.54, 1.807) is 18.3 Å². The van der Waals surface area contributed by atoms with Gasteiger partial charge in [0, 0.05) is 36.7 Å². The molecule has 1 fully saturated rings. The van der Waals surface area contributed by atoms with Crippen LogP contribution in [0, 0.1) is 0 Å². The number of pyridine rings is 1. The molecular formula is C17H18N6O3S. The zero-order valence-corrected chi connectivity index (χ0v) is 15.5. The molecule has 3 aromatic rings. The van der Waals surface area contributed by atoms with Crippen LogP contribution in [0.3, 0.4) is 0 Å². The molecule has 1 saturated heterocycles. The summed E-state index contributed by atoms with van der Waals surface area (Å²) in [6.45, 7) is 2.96. The van der Waals surface area contributed by atoms with Gasteiger partial charge in [0.1, 0.15) is 5.82 Å². The molecular weight excluding hydrogens is 368 g/mol. The smallest absolute Gasteiger partial charge is 0.206 e. The fraction of sp³-hybridized carbons (Fsp3) is 0.294. The predicted molar refractivity (Wildman–Crippen MR) is 99.0 cm³/mol. The average molecular weight is 386 g/mol. The van der Waals surface area contributed by atoms with Crippen molar-refractivity contribution in [3.05, 3.63) is 36.5 Å². The minimum atomic E-state index is -3.48. The van der Waals surface area contributed by atoms with Crippen LogP contribution in [0.4, 0.5) is 5.82 Å². The number of aromatic nitrogens is 5. The van der Waals surface area contributed by atoms with Crippen molar-refractivity contribution < 1.29 is 13.2 Å². The standard InChI is InChI=1S/C17H18N6O3S/c1-27(24,25)14-4-2-3-13(16(14)17-19-21-22-20-17)12-5-6-15(18-11-12)23-7-9-26-10-8-23/h2-6,11H,7-10H2,1H3,(H,19,20,21,22). The Bertz CT molecular complexity index is 1030. The molecule has 0 aliphatic carbocycles. The minimum absolute atomic E-state index is 0.152. The lowest BCUT2D eigenvalue weighted by molar-refractivity contribution is 0.122. The Hall–Kier alpha value is -2.85. The van der Waals surface area contributed by atoms with Crippen LogP contribution in [0.1, 0.15) is 0 Å². The van der Waals surface area contributed by atoms with Gasteiger partial charge in [0.25, 0.3) is 0 Å². The van der Waals surface area contributed by atoms with Gasteiger partial charge in [-0.1, -0.05) is 12.1 Å². The van der Waals surface area contributed by atoms with Gasteiger partial charge in [-0.25, -0.2) is 13.4 Å². The Morgan fingerprint density at radius 1 is 1.15 bits per heavy atom. The maximum absolute atomic E-state index is 12.3. The third-order valence-corrected chi connectivity index (χ3v) is 5.53. The molecule has 0 unspecified atom stereocenters. The number of hydrogen-bond acceptors (Lipinski definition) is 8. The van der Waals surface area contributed by atoms with Crippen molar-refractivity contribution >= 4 is 15.7 Å². The highest BCUT2D eigenvalue weighted by Gasteiger charge is 2.22. The lowest BCUT2D eigenvalue weighted by Crippen LogP contribution is -2.36. The van der Waals surface area contributed by atoms with Gasteiger partial charge in [-0.05, 0) is 29.0 Å². The molecule has 4 rings (SSSR count). The zero-order chi connectivity index (χ0) is 18.9. The predicted octanol–water partition coefficient (Wildman–Crippen LogP) is 1.17. The summed E-state index contributed by atoms with van der Waals surface area (Å²) in [6, 6.07) is 8.91. The summed E-state index contributed by atoms with van der Waals surface area (Å²) in [7, 11) is -3.48. The molecule has 1 N–H and O–H groups in total. The van der Waals surface area contributed by atoms with Crippen LogP contribution in [0.2, 0.25) is 0 Å². The summed E-state index contributed by atoms with van der Waals surface area (Å²) in [4.78, 5) is 6.85. The fourth-order valence-electron chi connectivity index (χ4n) is 3.10. The van der Waals surface area contributed by atoms with Crippen LogP contribution in [0.15, 0.2) is 41.4 Å². The lowest BCUT2D eigenvalue weighted by Gasteiger charge is -2.27. The molecule has 1 aromatic carbocycles. The molecule has 3 heterocycles. The number of benzene rings is 1. The Kier molecular flexibility index (Phi) is 4.58. The van der Waals surface area contributed by atoms with Gasteiger partial charge < -0.3 is 9.64 Å². The molecule has 0 spiro atoms. The van der Waals surface area contributed by atoms with Crippen molar-refractivity contribution in [2.45, 2.75) is 4.90 Å². The molecule has 1 aliphatic heterocycles. The van der Waals surface area contributed by atoms with Gasteiger partial charge in [0.05, 0.1) is 18.1 Å². The van der Waals surface area contributed by atoms with E-state index in [1.165, 1.54) is 0 Å². The van der Waals surface area contributed by atoms with Crippen LogP contribution in [-0.2, 0) is 14.6 Å². The SMILES string of the molecule is CS(=O)(=O)c1cccc(-c2ccc(N3CCOCC3)nc2)c1-c1nn[nH]n1. The molecule has 0 amide bonds. The van der Waals surface area contributed by atoms with Crippen LogP contribution in [0.5, 0.6) is 0 Å². The molecule has 2 aromatic heterocycles. The number of rotatable bonds is 4. The highest BCUT2D eigenvalue weighted by Crippen LogP contribution is 2.35. The summed E-state index contributed by atoms with van der Waals surface area (Å²) < 4.78 is 29.9. The quantitative estimate of drug-likeness (QED) is 0.711. The maximum Gasteiger partial charge on any atom is 0.206 e. The number of morpholine rings is 1. The van der Waals surface area contributed by atoms with Gasteiger partial charge in [-0.15, -0.1) is 10.2 Å². The van der Waals surface area contributed by atoms with Crippen LogP contribution in [0.25, 0.3) is 22.5 Å². The number of anilines is 1. The number of hydrogen-bond donors (Lipinski definition) is 1. The fourth-order valence-corrected chi connectivity index (χ4v) is 4.00. The van der Waals surface area contributed by atoms with Gasteiger partial charge in [-0.3, -0.25) is 0 Å². The van der Waals surface area contributed by atoms with E-state index in [4.69, 9.17) is 4.74 Å². The summed E-state index contributed by atoms with van der Waals surface area (Å²) in [5, 5.41) is 13.9. The van der Waals surface area contributed by atoms with Crippen LogP contribution in [-0.4, -0.2) is 66.6 Å². The first-order valence-electron chi connectivity index (χ1n) is 8.40. The largest absolute Gasteiger partial charge is 0.378 e. The number of aromatic amines is 1. The third kappa shape index (κ3) is 3.53. The number of nitrogens with one attached hydrogen (secondary N) is 1. The molecule has 10 heteroatoms.